The van der Waals surface area contributed by atoms with Gasteiger partial charge in [0.25, 0.3) is 0 Å². The number of halogens is 1. The van der Waals surface area contributed by atoms with Gasteiger partial charge in [0.2, 0.25) is 17.7 Å². The molecule has 4 aromatic rings. The van der Waals surface area contributed by atoms with E-state index in [9.17, 15) is 9.18 Å². The van der Waals surface area contributed by atoms with Gasteiger partial charge >= 0.3 is 0 Å². The fourth-order valence-corrected chi connectivity index (χ4v) is 3.44. The summed E-state index contributed by atoms with van der Waals surface area (Å²) in [6.45, 7) is 1.05. The first kappa shape index (κ1) is 16.6. The molecule has 1 saturated heterocycles. The lowest BCUT2D eigenvalue weighted by Gasteiger charge is -2.11. The second-order valence-electron chi connectivity index (χ2n) is 6.76. The Morgan fingerprint density at radius 2 is 1.93 bits per heavy atom. The molecule has 0 radical (unpaired) electrons. The first-order valence-electron chi connectivity index (χ1n) is 9.02. The normalized spacial score (nSPS) is 14.3. The molecule has 0 bridgehead atoms. The van der Waals surface area contributed by atoms with Crippen LogP contribution in [-0.4, -0.2) is 37.7 Å². The lowest BCUT2D eigenvalue weighted by Crippen LogP contribution is -2.23. The topological polar surface area (TPSA) is 87.9 Å². The number of carbonyl (C=O) groups excluding carboxylic acids is 1. The van der Waals surface area contributed by atoms with E-state index >= 15 is 0 Å². The number of carbonyl (C=O) groups is 1. The summed E-state index contributed by atoms with van der Waals surface area (Å²) in [5.74, 6) is 0.619. The monoisotopic (exact) mass is 377 g/mol. The molecule has 140 valence electrons. The zero-order valence-electron chi connectivity index (χ0n) is 14.9. The molecule has 2 aromatic heterocycles. The van der Waals surface area contributed by atoms with Crippen LogP contribution in [0.1, 0.15) is 18.7 Å². The van der Waals surface area contributed by atoms with Crippen molar-refractivity contribution in [1.82, 2.24) is 25.3 Å². The number of hydrogen-bond acceptors (Lipinski definition) is 5. The fourth-order valence-electron chi connectivity index (χ4n) is 3.44. The highest BCUT2D eigenvalue weighted by Crippen LogP contribution is 2.30. The van der Waals surface area contributed by atoms with Gasteiger partial charge in [0.15, 0.2) is 0 Å². The number of hydrogen-bond donors (Lipinski definition) is 1. The number of nitrogens with one attached hydrogen (secondary N) is 1. The largest absolute Gasteiger partial charge is 0.419 e. The molecule has 0 atom stereocenters. The van der Waals surface area contributed by atoms with Crippen molar-refractivity contribution in [2.24, 2.45) is 0 Å². The van der Waals surface area contributed by atoms with E-state index in [4.69, 9.17) is 4.42 Å². The standard InChI is InChI=1S/C20H16FN5O2/c21-14-6-3-12(4-7-14)19-15-10-13(5-8-16(15)22-24-19)20-25-23-17(28-20)11-26-9-1-2-18(26)27/h3-8,10H,1-2,9,11H2,(H,22,24). The summed E-state index contributed by atoms with van der Waals surface area (Å²) in [6.07, 6.45) is 1.44. The summed E-state index contributed by atoms with van der Waals surface area (Å²) in [4.78, 5) is 13.5. The van der Waals surface area contributed by atoms with E-state index in [1.165, 1.54) is 12.1 Å². The van der Waals surface area contributed by atoms with Crippen LogP contribution in [-0.2, 0) is 11.3 Å². The van der Waals surface area contributed by atoms with Crippen molar-refractivity contribution in [3.63, 3.8) is 0 Å². The van der Waals surface area contributed by atoms with Gasteiger partial charge in [0, 0.05) is 29.5 Å². The zero-order chi connectivity index (χ0) is 19.1. The predicted octanol–water partition coefficient (Wildman–Crippen LogP) is 3.54. The smallest absolute Gasteiger partial charge is 0.247 e. The highest BCUT2D eigenvalue weighted by atomic mass is 19.1. The molecule has 0 saturated carbocycles. The number of H-pyrrole nitrogens is 1. The Bertz CT molecular complexity index is 1170. The van der Waals surface area contributed by atoms with Crippen LogP contribution in [0.4, 0.5) is 4.39 Å². The molecule has 28 heavy (non-hydrogen) atoms. The number of amides is 1. The van der Waals surface area contributed by atoms with Gasteiger partial charge < -0.3 is 9.32 Å². The molecule has 1 amide bonds. The predicted molar refractivity (Wildman–Crippen MR) is 99.4 cm³/mol. The van der Waals surface area contributed by atoms with E-state index in [2.05, 4.69) is 20.4 Å². The van der Waals surface area contributed by atoms with Crippen LogP contribution in [0.15, 0.2) is 46.9 Å². The number of aromatic nitrogens is 4. The molecule has 1 fully saturated rings. The van der Waals surface area contributed by atoms with Gasteiger partial charge in [-0.05, 0) is 48.9 Å². The van der Waals surface area contributed by atoms with Crippen LogP contribution < -0.4 is 0 Å². The molecule has 5 rings (SSSR count). The van der Waals surface area contributed by atoms with Crippen LogP contribution in [0, 0.1) is 5.82 Å². The molecular formula is C20H16FN5O2. The van der Waals surface area contributed by atoms with Crippen LogP contribution in [0.5, 0.6) is 0 Å². The lowest BCUT2D eigenvalue weighted by molar-refractivity contribution is -0.128. The maximum Gasteiger partial charge on any atom is 0.247 e. The molecule has 3 heterocycles. The minimum absolute atomic E-state index is 0.114. The number of fused-ring (bicyclic) bond motifs is 1. The summed E-state index contributed by atoms with van der Waals surface area (Å²) >= 11 is 0. The van der Waals surface area contributed by atoms with Crippen molar-refractivity contribution in [3.05, 3.63) is 54.2 Å². The van der Waals surface area contributed by atoms with Crippen molar-refractivity contribution in [2.75, 3.05) is 6.54 Å². The number of nitrogens with zero attached hydrogens (tertiary/aromatic N) is 4. The molecule has 2 aromatic carbocycles. The number of likely N-dealkylation sites (tertiary alicyclic amines) is 1. The quantitative estimate of drug-likeness (QED) is 0.588. The molecule has 7 nitrogen and oxygen atoms in total. The third-order valence-electron chi connectivity index (χ3n) is 4.89. The zero-order valence-corrected chi connectivity index (χ0v) is 14.9. The van der Waals surface area contributed by atoms with Crippen LogP contribution in [0.3, 0.4) is 0 Å². The Labute approximate surface area is 159 Å². The number of rotatable bonds is 4. The minimum Gasteiger partial charge on any atom is -0.419 e. The highest BCUT2D eigenvalue weighted by molar-refractivity contribution is 5.95. The van der Waals surface area contributed by atoms with E-state index in [1.54, 1.807) is 17.0 Å². The van der Waals surface area contributed by atoms with Gasteiger partial charge in [-0.2, -0.15) is 5.10 Å². The van der Waals surface area contributed by atoms with E-state index < -0.39 is 0 Å². The summed E-state index contributed by atoms with van der Waals surface area (Å²) in [5.41, 5.74) is 3.14. The maximum absolute atomic E-state index is 13.2. The Kier molecular flexibility index (Phi) is 3.89. The molecule has 0 aliphatic carbocycles. The molecule has 1 aliphatic rings. The van der Waals surface area contributed by atoms with Crippen molar-refractivity contribution in [2.45, 2.75) is 19.4 Å². The third-order valence-corrected chi connectivity index (χ3v) is 4.89. The summed E-state index contributed by atoms with van der Waals surface area (Å²) in [7, 11) is 0. The lowest BCUT2D eigenvalue weighted by atomic mass is 10.1. The molecule has 0 unspecified atom stereocenters. The van der Waals surface area contributed by atoms with Crippen molar-refractivity contribution >= 4 is 16.8 Å². The van der Waals surface area contributed by atoms with Crippen molar-refractivity contribution in [3.8, 4) is 22.7 Å². The SMILES string of the molecule is O=C1CCCN1Cc1nnc(-c2ccc3[nH]nc(-c4ccc(F)cc4)c3c2)o1. The Morgan fingerprint density at radius 1 is 1.11 bits per heavy atom. The Morgan fingerprint density at radius 3 is 2.71 bits per heavy atom. The average Bonchev–Trinajstić information content (AvgIpc) is 3.43. The second-order valence-corrected chi connectivity index (χ2v) is 6.76. The van der Waals surface area contributed by atoms with E-state index in [0.717, 1.165) is 40.7 Å². The van der Waals surface area contributed by atoms with Crippen LogP contribution >= 0.6 is 0 Å². The van der Waals surface area contributed by atoms with Gasteiger partial charge in [0.05, 0.1) is 17.8 Å². The average molecular weight is 377 g/mol. The molecule has 8 heteroatoms. The number of aromatic amines is 1. The second kappa shape index (κ2) is 6.56. The first-order valence-corrected chi connectivity index (χ1v) is 9.02. The fraction of sp³-hybridized carbons (Fsp3) is 0.200. The van der Waals surface area contributed by atoms with Crippen molar-refractivity contribution < 1.29 is 13.6 Å². The first-order chi connectivity index (χ1) is 13.7. The molecule has 1 N–H and O–H groups in total. The van der Waals surface area contributed by atoms with E-state index in [-0.39, 0.29) is 11.7 Å². The maximum atomic E-state index is 13.2. The van der Waals surface area contributed by atoms with Gasteiger partial charge in [-0.1, -0.05) is 0 Å². The molecule has 1 aliphatic heterocycles. The minimum atomic E-state index is -0.292. The van der Waals surface area contributed by atoms with E-state index in [0.29, 0.717) is 24.7 Å². The van der Waals surface area contributed by atoms with E-state index in [1.807, 2.05) is 18.2 Å². The molecule has 0 spiro atoms. The summed E-state index contributed by atoms with van der Waals surface area (Å²) in [6, 6.07) is 11.9. The summed E-state index contributed by atoms with van der Waals surface area (Å²) < 4.78 is 19.0. The van der Waals surface area contributed by atoms with Gasteiger partial charge in [-0.25, -0.2) is 4.39 Å². The van der Waals surface area contributed by atoms with Crippen LogP contribution in [0.2, 0.25) is 0 Å². The molecular weight excluding hydrogens is 361 g/mol. The third kappa shape index (κ3) is 2.92. The Hall–Kier alpha value is -3.55. The number of benzene rings is 2. The highest BCUT2D eigenvalue weighted by Gasteiger charge is 2.22. The van der Waals surface area contributed by atoms with Gasteiger partial charge in [0.1, 0.15) is 5.82 Å². The van der Waals surface area contributed by atoms with Crippen molar-refractivity contribution in [1.29, 1.82) is 0 Å². The van der Waals surface area contributed by atoms with Gasteiger partial charge in [-0.3, -0.25) is 9.89 Å². The Balaban J connectivity index is 1.47. The van der Waals surface area contributed by atoms with Crippen LogP contribution in [0.25, 0.3) is 33.6 Å². The van der Waals surface area contributed by atoms with Gasteiger partial charge in [-0.15, -0.1) is 10.2 Å². The summed E-state index contributed by atoms with van der Waals surface area (Å²) in [5, 5.41) is 16.4.